The van der Waals surface area contributed by atoms with Gasteiger partial charge in [-0.25, -0.2) is 4.57 Å². The monoisotopic (exact) mass is 644 g/mol. The molecule has 2 amide bonds. The summed E-state index contributed by atoms with van der Waals surface area (Å²) in [6.45, 7) is 3.24. The van der Waals surface area contributed by atoms with Crippen molar-refractivity contribution >= 4 is 55.6 Å². The van der Waals surface area contributed by atoms with E-state index >= 15 is 0 Å². The van der Waals surface area contributed by atoms with Crippen LogP contribution in [0.3, 0.4) is 0 Å². The molecule has 0 saturated carbocycles. The van der Waals surface area contributed by atoms with E-state index in [9.17, 15) is 49.3 Å². The van der Waals surface area contributed by atoms with Gasteiger partial charge in [0.15, 0.2) is 10.0 Å². The Labute approximate surface area is 246 Å². The van der Waals surface area contributed by atoms with Gasteiger partial charge in [0.05, 0.1) is 19.4 Å². The number of hydrogen-bond acceptors (Lipinski definition) is 13. The Morgan fingerprint density at radius 2 is 1.61 bits per heavy atom. The number of thioether (sulfide) groups is 1. The van der Waals surface area contributed by atoms with Crippen molar-refractivity contribution in [3.05, 3.63) is 35.5 Å². The number of carbonyl (C=O) groups excluding carboxylic acids is 4. The predicted octanol–water partition coefficient (Wildman–Crippen LogP) is 0.678. The maximum atomic E-state index is 12.1. The topological polar surface area (TPSA) is 260 Å². The number of phosphoric ester groups is 1. The van der Waals surface area contributed by atoms with Crippen molar-refractivity contribution in [2.75, 3.05) is 25.4 Å². The van der Waals surface area contributed by atoms with Crippen LogP contribution in [0.25, 0.3) is 0 Å². The number of hydrogen-bond donors (Lipinski definition) is 10. The standard InChI is InChI=1S/C23H37N2O13PS2/c1-14(26)8-15(27)9-16(28)10-17(29)11-18(30)12-23(34,40)41-7-6-24-19(31)4-5-25-21(33)20(32)22(2,3)13-38-39(35,36)37/h9-11,20,28-30,32,34,40H,4-8,12-13H2,1-3H3,(H,24,31)(H,25,33)(H2,35,36,37)/b16-9-,17-10+,18-11-/t20-,23+/m0/s1. The number of ketones is 2. The predicted molar refractivity (Wildman–Crippen MR) is 152 cm³/mol. The maximum absolute atomic E-state index is 12.1. The first kappa shape index (κ1) is 38.6. The fourth-order valence-electron chi connectivity index (χ4n) is 2.78. The summed E-state index contributed by atoms with van der Waals surface area (Å²) in [7, 11) is -4.79. The van der Waals surface area contributed by atoms with Crippen LogP contribution in [0.1, 0.15) is 40.0 Å². The van der Waals surface area contributed by atoms with Crippen molar-refractivity contribution in [1.29, 1.82) is 0 Å². The third kappa shape index (κ3) is 19.4. The molecule has 234 valence electrons. The second kappa shape index (κ2) is 17.6. The quantitative estimate of drug-likeness (QED) is 0.0136. The molecule has 9 N–H and O–H groups in total. The van der Waals surface area contributed by atoms with E-state index in [2.05, 4.69) is 27.8 Å². The van der Waals surface area contributed by atoms with Crippen LogP contribution in [0.15, 0.2) is 35.5 Å². The molecule has 0 radical (unpaired) electrons. The first-order valence-corrected chi connectivity index (χ1v) is 14.8. The number of phosphoric acid groups is 1. The number of Topliss-reactive ketones (excluding diaryl/α,β-unsaturated/α-hetero) is 1. The van der Waals surface area contributed by atoms with Gasteiger partial charge in [0.2, 0.25) is 11.8 Å². The lowest BCUT2D eigenvalue weighted by molar-refractivity contribution is -0.137. The van der Waals surface area contributed by atoms with E-state index in [1.807, 2.05) is 0 Å². The molecule has 0 aromatic rings. The summed E-state index contributed by atoms with van der Waals surface area (Å²) in [6.07, 6.45) is -0.429. The van der Waals surface area contributed by atoms with Crippen LogP contribution in [0.2, 0.25) is 0 Å². The zero-order valence-electron chi connectivity index (χ0n) is 22.6. The number of rotatable bonds is 19. The molecule has 15 nitrogen and oxygen atoms in total. The molecule has 18 heteroatoms. The normalized spacial score (nSPS) is 15.6. The lowest BCUT2D eigenvalue weighted by atomic mass is 9.87. The molecule has 0 aliphatic rings. The summed E-state index contributed by atoms with van der Waals surface area (Å²) in [5.74, 6) is -4.12. The van der Waals surface area contributed by atoms with Crippen molar-refractivity contribution in [1.82, 2.24) is 10.6 Å². The Balaban J connectivity index is 4.53. The summed E-state index contributed by atoms with van der Waals surface area (Å²) in [5, 5.41) is 54.7. The van der Waals surface area contributed by atoms with Crippen LogP contribution in [0.4, 0.5) is 0 Å². The molecule has 0 saturated heterocycles. The molecule has 0 fully saturated rings. The molecular weight excluding hydrogens is 607 g/mol. The minimum atomic E-state index is -4.79. The Morgan fingerprint density at radius 3 is 2.17 bits per heavy atom. The summed E-state index contributed by atoms with van der Waals surface area (Å²) in [6, 6.07) is 0. The van der Waals surface area contributed by atoms with Crippen LogP contribution < -0.4 is 10.6 Å². The van der Waals surface area contributed by atoms with E-state index in [4.69, 9.17) is 9.79 Å². The summed E-state index contributed by atoms with van der Waals surface area (Å²) in [5.41, 5.74) is -1.33. The van der Waals surface area contributed by atoms with Gasteiger partial charge in [0.25, 0.3) is 0 Å². The first-order chi connectivity index (χ1) is 18.6. The van der Waals surface area contributed by atoms with Crippen molar-refractivity contribution in [3.8, 4) is 0 Å². The Morgan fingerprint density at radius 1 is 1.02 bits per heavy atom. The molecule has 0 spiro atoms. The van der Waals surface area contributed by atoms with Gasteiger partial charge >= 0.3 is 7.82 Å². The van der Waals surface area contributed by atoms with E-state index < -0.39 is 83.7 Å². The molecule has 0 aromatic carbocycles. The molecule has 0 aliphatic heterocycles. The number of allylic oxidation sites excluding steroid dienone is 3. The number of thiol groups is 1. The van der Waals surface area contributed by atoms with E-state index in [0.717, 1.165) is 30.0 Å². The van der Waals surface area contributed by atoms with Gasteiger partial charge in [0, 0.05) is 48.9 Å². The smallest absolute Gasteiger partial charge is 0.469 e. The highest BCUT2D eigenvalue weighted by Crippen LogP contribution is 2.38. The number of aliphatic hydroxyl groups excluding tert-OH is 4. The van der Waals surface area contributed by atoms with Crippen molar-refractivity contribution in [2.45, 2.75) is 50.4 Å². The van der Waals surface area contributed by atoms with E-state index in [1.54, 1.807) is 0 Å². The second-order valence-electron chi connectivity index (χ2n) is 9.43. The summed E-state index contributed by atoms with van der Waals surface area (Å²) in [4.78, 5) is 63.9. The zero-order valence-corrected chi connectivity index (χ0v) is 25.2. The van der Waals surface area contributed by atoms with Gasteiger partial charge in [-0.3, -0.25) is 23.7 Å². The van der Waals surface area contributed by atoms with Crippen LogP contribution in [0.5, 0.6) is 0 Å². The summed E-state index contributed by atoms with van der Waals surface area (Å²) >= 11 is 4.86. The van der Waals surface area contributed by atoms with Crippen molar-refractivity contribution in [2.24, 2.45) is 5.41 Å². The Bertz CT molecular complexity index is 1080. The fraction of sp³-hybridized carbons (Fsp3) is 0.565. The number of amides is 2. The van der Waals surface area contributed by atoms with Gasteiger partial charge in [-0.2, -0.15) is 0 Å². The van der Waals surface area contributed by atoms with Crippen LogP contribution in [-0.2, 0) is 28.3 Å². The van der Waals surface area contributed by atoms with E-state index in [-0.39, 0.29) is 25.3 Å². The van der Waals surface area contributed by atoms with Gasteiger partial charge < -0.3 is 46.0 Å². The molecule has 2 atom stereocenters. The van der Waals surface area contributed by atoms with Crippen molar-refractivity contribution in [3.63, 3.8) is 0 Å². The number of nitrogens with one attached hydrogen (secondary N) is 2. The number of aliphatic hydroxyl groups is 5. The molecule has 0 rings (SSSR count). The summed E-state index contributed by atoms with van der Waals surface area (Å²) < 4.78 is 13.3. The highest BCUT2D eigenvalue weighted by molar-refractivity contribution is 8.11. The Kier molecular flexibility index (Phi) is 16.5. The number of carbonyl (C=O) groups is 4. The minimum absolute atomic E-state index is 0.0677. The second-order valence-corrected chi connectivity index (χ2v) is 13.1. The van der Waals surface area contributed by atoms with Crippen LogP contribution >= 0.6 is 32.2 Å². The molecule has 41 heavy (non-hydrogen) atoms. The van der Waals surface area contributed by atoms with E-state index in [1.165, 1.54) is 20.8 Å². The SMILES string of the molecule is CC(=O)CC(=O)/C=C(O)/C=C(O)\C=C(/O)C[C@@](O)(S)SCCNC(=O)CCNC(=O)[C@H](O)C(C)(C)COP(=O)(O)O. The van der Waals surface area contributed by atoms with Gasteiger partial charge in [-0.15, -0.1) is 24.4 Å². The third-order valence-corrected chi connectivity index (χ3v) is 6.78. The van der Waals surface area contributed by atoms with Gasteiger partial charge in [0.1, 0.15) is 29.2 Å². The average molecular weight is 645 g/mol. The van der Waals surface area contributed by atoms with Gasteiger partial charge in [-0.1, -0.05) is 13.8 Å². The van der Waals surface area contributed by atoms with Crippen LogP contribution in [0, 0.1) is 5.41 Å². The Hall–Kier alpha value is -2.37. The highest BCUT2D eigenvalue weighted by atomic mass is 32.2. The lowest BCUT2D eigenvalue weighted by Gasteiger charge is -2.29. The van der Waals surface area contributed by atoms with Crippen LogP contribution in [-0.4, -0.2) is 94.5 Å². The zero-order chi connectivity index (χ0) is 32.0. The molecule has 0 heterocycles. The molecule has 0 aromatic heterocycles. The third-order valence-electron chi connectivity index (χ3n) is 4.76. The van der Waals surface area contributed by atoms with Crippen molar-refractivity contribution < 1.29 is 63.6 Å². The van der Waals surface area contributed by atoms with E-state index in [0.29, 0.717) is 0 Å². The highest BCUT2D eigenvalue weighted by Gasteiger charge is 2.36. The van der Waals surface area contributed by atoms with Gasteiger partial charge in [-0.05, 0) is 6.92 Å². The largest absolute Gasteiger partial charge is 0.512 e. The molecular formula is C23H37N2O13PS2. The molecule has 0 aliphatic carbocycles. The maximum Gasteiger partial charge on any atom is 0.469 e. The minimum Gasteiger partial charge on any atom is -0.512 e. The average Bonchev–Trinajstić information content (AvgIpc) is 2.78. The first-order valence-electron chi connectivity index (χ1n) is 11.9. The molecule has 0 unspecified atom stereocenters. The molecule has 0 bridgehead atoms. The fourth-order valence-corrected chi connectivity index (χ4v) is 4.50. The lowest BCUT2D eigenvalue weighted by Crippen LogP contribution is -2.46.